The predicted octanol–water partition coefficient (Wildman–Crippen LogP) is 3.01. The summed E-state index contributed by atoms with van der Waals surface area (Å²) >= 11 is 0. The molecule has 0 amide bonds. The Hall–Kier alpha value is -1.35. The summed E-state index contributed by atoms with van der Waals surface area (Å²) in [6.45, 7) is 7.08. The van der Waals surface area contributed by atoms with Crippen LogP contribution >= 0.6 is 0 Å². The molecule has 0 bridgehead atoms. The molecular formula is C15H22N2O. The zero-order chi connectivity index (χ0) is 13.1. The van der Waals surface area contributed by atoms with Gasteiger partial charge >= 0.3 is 0 Å². The smallest absolute Gasteiger partial charge is 0.110 e. The van der Waals surface area contributed by atoms with Gasteiger partial charge < -0.3 is 9.67 Å². The Labute approximate surface area is 108 Å². The third kappa shape index (κ3) is 2.56. The van der Waals surface area contributed by atoms with Crippen molar-refractivity contribution < 1.29 is 5.11 Å². The fourth-order valence-corrected chi connectivity index (χ4v) is 2.21. The van der Waals surface area contributed by atoms with Gasteiger partial charge in [0.2, 0.25) is 0 Å². The van der Waals surface area contributed by atoms with Crippen LogP contribution in [-0.4, -0.2) is 20.8 Å². The van der Waals surface area contributed by atoms with E-state index >= 15 is 0 Å². The lowest BCUT2D eigenvalue weighted by atomic mass is 10.0. The molecule has 0 saturated heterocycles. The van der Waals surface area contributed by atoms with Gasteiger partial charge in [-0.1, -0.05) is 26.0 Å². The highest BCUT2D eigenvalue weighted by molar-refractivity contribution is 5.75. The molecule has 3 nitrogen and oxygen atoms in total. The van der Waals surface area contributed by atoms with Gasteiger partial charge in [-0.15, -0.1) is 0 Å². The number of imidazole rings is 1. The summed E-state index contributed by atoms with van der Waals surface area (Å²) in [4.78, 5) is 4.71. The summed E-state index contributed by atoms with van der Waals surface area (Å²) in [7, 11) is 0. The molecule has 3 heteroatoms. The van der Waals surface area contributed by atoms with E-state index in [1.807, 2.05) is 13.0 Å². The van der Waals surface area contributed by atoms with Crippen molar-refractivity contribution in [1.82, 2.24) is 9.55 Å². The first-order valence-electron chi connectivity index (χ1n) is 6.75. The van der Waals surface area contributed by atoms with Crippen molar-refractivity contribution in [3.8, 4) is 0 Å². The number of aliphatic hydroxyl groups is 1. The van der Waals surface area contributed by atoms with Gasteiger partial charge in [0, 0.05) is 13.0 Å². The lowest BCUT2D eigenvalue weighted by Gasteiger charge is -2.15. The van der Waals surface area contributed by atoms with E-state index in [1.165, 1.54) is 5.52 Å². The number of rotatable bonds is 5. The van der Waals surface area contributed by atoms with Gasteiger partial charge in [0.15, 0.2) is 0 Å². The van der Waals surface area contributed by atoms with Gasteiger partial charge in [-0.2, -0.15) is 0 Å². The number of hydrogen-bond acceptors (Lipinski definition) is 2. The van der Waals surface area contributed by atoms with Crippen molar-refractivity contribution in [1.29, 1.82) is 0 Å². The average molecular weight is 246 g/mol. The Morgan fingerprint density at radius 2 is 2.00 bits per heavy atom. The van der Waals surface area contributed by atoms with Gasteiger partial charge in [0.05, 0.1) is 17.1 Å². The first-order chi connectivity index (χ1) is 8.63. The van der Waals surface area contributed by atoms with Crippen LogP contribution in [0.1, 0.15) is 33.0 Å². The lowest BCUT2D eigenvalue weighted by Crippen LogP contribution is -2.18. The number of hydrogen-bond donors (Lipinski definition) is 1. The van der Waals surface area contributed by atoms with E-state index in [0.717, 1.165) is 30.7 Å². The van der Waals surface area contributed by atoms with Gasteiger partial charge in [0.1, 0.15) is 5.82 Å². The van der Waals surface area contributed by atoms with Crippen molar-refractivity contribution in [3.05, 3.63) is 30.1 Å². The molecule has 2 rings (SSSR count). The Morgan fingerprint density at radius 1 is 1.28 bits per heavy atom. The maximum atomic E-state index is 9.64. The molecule has 1 aromatic heterocycles. The third-order valence-corrected chi connectivity index (χ3v) is 3.51. The van der Waals surface area contributed by atoms with E-state index in [9.17, 15) is 5.11 Å². The molecule has 0 aliphatic carbocycles. The van der Waals surface area contributed by atoms with E-state index in [2.05, 4.69) is 36.6 Å². The SMILES string of the molecule is CCCn1c(CC(C)C(C)O)nc2ccccc21. The van der Waals surface area contributed by atoms with Gasteiger partial charge in [-0.05, 0) is 31.4 Å². The van der Waals surface area contributed by atoms with Crippen molar-refractivity contribution in [3.63, 3.8) is 0 Å². The second-order valence-electron chi connectivity index (χ2n) is 5.09. The van der Waals surface area contributed by atoms with E-state index in [4.69, 9.17) is 4.98 Å². The topological polar surface area (TPSA) is 38.0 Å². The zero-order valence-electron chi connectivity index (χ0n) is 11.4. The first-order valence-corrected chi connectivity index (χ1v) is 6.75. The zero-order valence-corrected chi connectivity index (χ0v) is 11.4. The molecule has 98 valence electrons. The highest BCUT2D eigenvalue weighted by Gasteiger charge is 2.15. The highest BCUT2D eigenvalue weighted by Crippen LogP contribution is 2.19. The van der Waals surface area contributed by atoms with Crippen LogP contribution in [0.3, 0.4) is 0 Å². The summed E-state index contributed by atoms with van der Waals surface area (Å²) < 4.78 is 2.29. The summed E-state index contributed by atoms with van der Waals surface area (Å²) in [6.07, 6.45) is 1.63. The number of aliphatic hydroxyl groups excluding tert-OH is 1. The minimum Gasteiger partial charge on any atom is -0.393 e. The molecule has 0 aliphatic rings. The Morgan fingerprint density at radius 3 is 2.67 bits per heavy atom. The van der Waals surface area contributed by atoms with Crippen LogP contribution in [0.2, 0.25) is 0 Å². The van der Waals surface area contributed by atoms with Crippen molar-refractivity contribution in [2.24, 2.45) is 5.92 Å². The molecule has 1 heterocycles. The molecule has 0 aliphatic heterocycles. The largest absolute Gasteiger partial charge is 0.393 e. The highest BCUT2D eigenvalue weighted by atomic mass is 16.3. The second-order valence-corrected chi connectivity index (χ2v) is 5.09. The number of aromatic nitrogens is 2. The molecule has 0 spiro atoms. The molecule has 1 N–H and O–H groups in total. The molecule has 18 heavy (non-hydrogen) atoms. The standard InChI is InChI=1S/C15H22N2O/c1-4-9-17-14-8-6-5-7-13(14)16-15(17)10-11(2)12(3)18/h5-8,11-12,18H,4,9-10H2,1-3H3. The lowest BCUT2D eigenvalue weighted by molar-refractivity contribution is 0.133. The van der Waals surface area contributed by atoms with Crippen LogP contribution in [-0.2, 0) is 13.0 Å². The van der Waals surface area contributed by atoms with Crippen molar-refractivity contribution >= 4 is 11.0 Å². The molecule has 2 unspecified atom stereocenters. The number of benzene rings is 1. The summed E-state index contributed by atoms with van der Waals surface area (Å²) in [5.41, 5.74) is 2.26. The van der Waals surface area contributed by atoms with E-state index in [0.29, 0.717) is 0 Å². The van der Waals surface area contributed by atoms with Crippen LogP contribution < -0.4 is 0 Å². The molecule has 0 saturated carbocycles. The van der Waals surface area contributed by atoms with Crippen LogP contribution in [0.4, 0.5) is 0 Å². The minimum atomic E-state index is -0.292. The van der Waals surface area contributed by atoms with Gasteiger partial charge in [-0.3, -0.25) is 0 Å². The number of aryl methyl sites for hydroxylation is 1. The number of para-hydroxylation sites is 2. The third-order valence-electron chi connectivity index (χ3n) is 3.51. The number of nitrogens with zero attached hydrogens (tertiary/aromatic N) is 2. The predicted molar refractivity (Wildman–Crippen MR) is 74.6 cm³/mol. The second kappa shape index (κ2) is 5.53. The molecule has 1 aromatic carbocycles. The summed E-state index contributed by atoms with van der Waals surface area (Å²) in [6, 6.07) is 8.25. The Kier molecular flexibility index (Phi) is 4.02. The van der Waals surface area contributed by atoms with E-state index < -0.39 is 0 Å². The molecule has 0 radical (unpaired) electrons. The van der Waals surface area contributed by atoms with Gasteiger partial charge in [0.25, 0.3) is 0 Å². The van der Waals surface area contributed by atoms with Crippen LogP contribution in [0.15, 0.2) is 24.3 Å². The van der Waals surface area contributed by atoms with E-state index in [1.54, 1.807) is 0 Å². The summed E-state index contributed by atoms with van der Waals surface area (Å²) in [5, 5.41) is 9.64. The maximum absolute atomic E-state index is 9.64. The quantitative estimate of drug-likeness (QED) is 0.880. The van der Waals surface area contributed by atoms with Crippen LogP contribution in [0, 0.1) is 5.92 Å². The maximum Gasteiger partial charge on any atom is 0.110 e. The monoisotopic (exact) mass is 246 g/mol. The first kappa shape index (κ1) is 13.1. The Bertz CT molecular complexity index is 516. The normalized spacial score (nSPS) is 14.9. The molecular weight excluding hydrogens is 224 g/mol. The van der Waals surface area contributed by atoms with Gasteiger partial charge in [-0.25, -0.2) is 4.98 Å². The fourth-order valence-electron chi connectivity index (χ4n) is 2.21. The number of fused-ring (bicyclic) bond motifs is 1. The van der Waals surface area contributed by atoms with E-state index in [-0.39, 0.29) is 12.0 Å². The summed E-state index contributed by atoms with van der Waals surface area (Å²) in [5.74, 6) is 1.32. The van der Waals surface area contributed by atoms with Crippen molar-refractivity contribution in [2.45, 2.75) is 46.3 Å². The average Bonchev–Trinajstić information content (AvgIpc) is 2.68. The molecule has 2 aromatic rings. The van der Waals surface area contributed by atoms with Crippen LogP contribution in [0.25, 0.3) is 11.0 Å². The van der Waals surface area contributed by atoms with Crippen LogP contribution in [0.5, 0.6) is 0 Å². The minimum absolute atomic E-state index is 0.234. The Balaban J connectivity index is 2.39. The molecule has 0 fully saturated rings. The molecule has 2 atom stereocenters. The van der Waals surface area contributed by atoms with Crippen molar-refractivity contribution in [2.75, 3.05) is 0 Å². The fraction of sp³-hybridized carbons (Fsp3) is 0.533.